The number of hydrogen-bond acceptors (Lipinski definition) is 7. The number of fused-ring (bicyclic) bond motifs is 1. The number of carbonyl (C=O) groups is 1. The van der Waals surface area contributed by atoms with Gasteiger partial charge in [0.15, 0.2) is 11.5 Å². The average Bonchev–Trinajstić information content (AvgIpc) is 3.47. The van der Waals surface area contributed by atoms with Crippen molar-refractivity contribution in [2.75, 3.05) is 31.6 Å². The topological polar surface area (TPSA) is 96.0 Å². The van der Waals surface area contributed by atoms with Crippen molar-refractivity contribution in [1.82, 2.24) is 25.1 Å². The number of likely N-dealkylation sites (tertiary alicyclic amines) is 1. The highest BCUT2D eigenvalue weighted by Crippen LogP contribution is 2.31. The predicted molar refractivity (Wildman–Crippen MR) is 116 cm³/mol. The number of H-pyrrole nitrogens is 1. The Balaban J connectivity index is 1.29. The molecule has 0 aliphatic carbocycles. The molecule has 8 nitrogen and oxygen atoms in total. The molecule has 2 saturated heterocycles. The summed E-state index contributed by atoms with van der Waals surface area (Å²) in [5.74, 6) is 1.18. The molecule has 158 valence electrons. The number of nitrogens with zero attached hydrogens (tertiary/aromatic N) is 4. The van der Waals surface area contributed by atoms with Gasteiger partial charge in [0, 0.05) is 44.0 Å². The molecule has 0 radical (unpaired) electrons. The van der Waals surface area contributed by atoms with E-state index in [-0.39, 0.29) is 11.8 Å². The molecule has 0 aromatic carbocycles. The number of nitrogens with one attached hydrogen (secondary N) is 2. The highest BCUT2D eigenvalue weighted by atomic mass is 32.1. The van der Waals surface area contributed by atoms with E-state index >= 15 is 0 Å². The zero-order chi connectivity index (χ0) is 20.7. The Morgan fingerprint density at radius 3 is 2.83 bits per heavy atom. The Kier molecular flexibility index (Phi) is 5.16. The monoisotopic (exact) mass is 426 g/mol. The maximum absolute atomic E-state index is 12.9. The van der Waals surface area contributed by atoms with E-state index in [1.807, 2.05) is 18.7 Å². The molecule has 5 heterocycles. The number of pyridine rings is 1. The number of amides is 1. The fourth-order valence-electron chi connectivity index (χ4n) is 4.35. The molecule has 1 amide bonds. The standard InChI is InChI=1S/C21H26N6O2S/c1-12-18(30-13(2)22-12)21(28)27-8-5-14(11-27)17-4-3-16-19(25-26-20(16)24-17)23-15-6-9-29-10-7-15/h3-4,14-15H,5-11H2,1-2H3,(H2,23,24,25,26)/t14-/m0/s1. The Bertz CT molecular complexity index is 1070. The number of aromatic nitrogens is 4. The van der Waals surface area contributed by atoms with Gasteiger partial charge in [-0.25, -0.2) is 9.97 Å². The zero-order valence-electron chi connectivity index (χ0n) is 17.3. The normalized spacial score (nSPS) is 20.2. The first-order valence-electron chi connectivity index (χ1n) is 10.5. The van der Waals surface area contributed by atoms with Crippen LogP contribution in [0.4, 0.5) is 5.82 Å². The Morgan fingerprint density at radius 1 is 1.23 bits per heavy atom. The van der Waals surface area contributed by atoms with Gasteiger partial charge in [-0.05, 0) is 45.2 Å². The summed E-state index contributed by atoms with van der Waals surface area (Å²) >= 11 is 1.48. The van der Waals surface area contributed by atoms with E-state index in [9.17, 15) is 4.79 Å². The quantitative estimate of drug-likeness (QED) is 0.665. The lowest BCUT2D eigenvalue weighted by atomic mass is 10.0. The first-order valence-corrected chi connectivity index (χ1v) is 11.3. The Morgan fingerprint density at radius 2 is 2.07 bits per heavy atom. The second-order valence-electron chi connectivity index (χ2n) is 8.12. The molecule has 0 saturated carbocycles. The summed E-state index contributed by atoms with van der Waals surface area (Å²) in [7, 11) is 0. The van der Waals surface area contributed by atoms with Crippen LogP contribution in [0.15, 0.2) is 12.1 Å². The molecule has 3 aromatic rings. The summed E-state index contributed by atoms with van der Waals surface area (Å²) in [5, 5.41) is 13.0. The number of thiazole rings is 1. The van der Waals surface area contributed by atoms with Crippen LogP contribution >= 0.6 is 11.3 Å². The summed E-state index contributed by atoms with van der Waals surface area (Å²) in [6, 6.07) is 4.55. The molecule has 0 bridgehead atoms. The third kappa shape index (κ3) is 3.67. The lowest BCUT2D eigenvalue weighted by Gasteiger charge is -2.23. The first-order chi connectivity index (χ1) is 14.6. The van der Waals surface area contributed by atoms with E-state index in [0.717, 1.165) is 77.1 Å². The first kappa shape index (κ1) is 19.4. The molecular weight excluding hydrogens is 400 g/mol. The third-order valence-electron chi connectivity index (χ3n) is 6.00. The zero-order valence-corrected chi connectivity index (χ0v) is 18.1. The molecule has 9 heteroatoms. The van der Waals surface area contributed by atoms with Crippen LogP contribution in [0.3, 0.4) is 0 Å². The van der Waals surface area contributed by atoms with Crippen molar-refractivity contribution in [3.8, 4) is 0 Å². The summed E-state index contributed by atoms with van der Waals surface area (Å²) in [4.78, 5) is 24.8. The fraction of sp³-hybridized carbons (Fsp3) is 0.524. The van der Waals surface area contributed by atoms with Crippen LogP contribution in [0.2, 0.25) is 0 Å². The number of carbonyl (C=O) groups excluding carboxylic acids is 1. The summed E-state index contributed by atoms with van der Waals surface area (Å²) in [5.41, 5.74) is 2.63. The summed E-state index contributed by atoms with van der Waals surface area (Å²) in [6.07, 6.45) is 2.90. The number of rotatable bonds is 4. The van der Waals surface area contributed by atoms with Gasteiger partial charge in [0.2, 0.25) is 0 Å². The van der Waals surface area contributed by atoms with E-state index in [2.05, 4.69) is 32.6 Å². The lowest BCUT2D eigenvalue weighted by Crippen LogP contribution is -2.28. The van der Waals surface area contributed by atoms with Gasteiger partial charge in [-0.3, -0.25) is 9.89 Å². The van der Waals surface area contributed by atoms with Crippen LogP contribution in [0.5, 0.6) is 0 Å². The third-order valence-corrected chi connectivity index (χ3v) is 7.06. The van der Waals surface area contributed by atoms with Gasteiger partial charge in [-0.15, -0.1) is 11.3 Å². The molecule has 0 unspecified atom stereocenters. The molecular formula is C21H26N6O2S. The van der Waals surface area contributed by atoms with Crippen molar-refractivity contribution in [3.63, 3.8) is 0 Å². The highest BCUT2D eigenvalue weighted by Gasteiger charge is 2.31. The Hall–Kier alpha value is -2.52. The number of anilines is 1. The summed E-state index contributed by atoms with van der Waals surface area (Å²) < 4.78 is 5.43. The second kappa shape index (κ2) is 7.96. The van der Waals surface area contributed by atoms with Crippen LogP contribution in [0, 0.1) is 13.8 Å². The molecule has 2 aliphatic rings. The van der Waals surface area contributed by atoms with E-state index < -0.39 is 0 Å². The van der Waals surface area contributed by atoms with Crippen molar-refractivity contribution in [1.29, 1.82) is 0 Å². The molecule has 5 rings (SSSR count). The van der Waals surface area contributed by atoms with Gasteiger partial charge >= 0.3 is 0 Å². The van der Waals surface area contributed by atoms with Crippen molar-refractivity contribution >= 4 is 34.1 Å². The van der Waals surface area contributed by atoms with Crippen molar-refractivity contribution < 1.29 is 9.53 Å². The van der Waals surface area contributed by atoms with Gasteiger partial charge in [0.1, 0.15) is 4.88 Å². The largest absolute Gasteiger partial charge is 0.381 e. The van der Waals surface area contributed by atoms with Crippen molar-refractivity contribution in [2.45, 2.75) is 45.1 Å². The molecule has 0 spiro atoms. The summed E-state index contributed by atoms with van der Waals surface area (Å²) in [6.45, 7) is 6.87. The van der Waals surface area contributed by atoms with Gasteiger partial charge in [0.05, 0.1) is 16.1 Å². The number of aryl methyl sites for hydroxylation is 2. The van der Waals surface area contributed by atoms with Crippen LogP contribution in [-0.2, 0) is 4.74 Å². The van der Waals surface area contributed by atoms with E-state index in [0.29, 0.717) is 12.6 Å². The van der Waals surface area contributed by atoms with E-state index in [1.165, 1.54) is 11.3 Å². The number of hydrogen-bond donors (Lipinski definition) is 2. The highest BCUT2D eigenvalue weighted by molar-refractivity contribution is 7.13. The predicted octanol–water partition coefficient (Wildman–Crippen LogP) is 3.25. The Labute approximate surface area is 179 Å². The molecule has 1 atom stereocenters. The minimum atomic E-state index is 0.0890. The van der Waals surface area contributed by atoms with E-state index in [1.54, 1.807) is 0 Å². The smallest absolute Gasteiger partial charge is 0.265 e. The maximum Gasteiger partial charge on any atom is 0.265 e. The van der Waals surface area contributed by atoms with E-state index in [4.69, 9.17) is 9.72 Å². The lowest BCUT2D eigenvalue weighted by molar-refractivity contribution is 0.0794. The molecule has 2 N–H and O–H groups in total. The molecule has 3 aromatic heterocycles. The SMILES string of the molecule is Cc1nc(C)c(C(=O)N2CC[C@H](c3ccc4c(NC5CCOCC5)n[nH]c4n3)C2)s1. The van der Waals surface area contributed by atoms with Crippen molar-refractivity contribution in [3.05, 3.63) is 33.4 Å². The van der Waals surface area contributed by atoms with Crippen molar-refractivity contribution in [2.24, 2.45) is 0 Å². The molecule has 30 heavy (non-hydrogen) atoms. The second-order valence-corrected chi connectivity index (χ2v) is 9.32. The van der Waals surface area contributed by atoms with Gasteiger partial charge < -0.3 is 15.0 Å². The minimum Gasteiger partial charge on any atom is -0.381 e. The van der Waals surface area contributed by atoms with Gasteiger partial charge in [-0.1, -0.05) is 0 Å². The van der Waals surface area contributed by atoms with Crippen LogP contribution in [0.1, 0.15) is 51.2 Å². The number of ether oxygens (including phenoxy) is 1. The molecule has 2 fully saturated rings. The van der Waals surface area contributed by atoms with Gasteiger partial charge in [0.25, 0.3) is 5.91 Å². The maximum atomic E-state index is 12.9. The van der Waals surface area contributed by atoms with Gasteiger partial charge in [-0.2, -0.15) is 5.10 Å². The fourth-order valence-corrected chi connectivity index (χ4v) is 5.24. The van der Waals surface area contributed by atoms with Crippen LogP contribution in [0.25, 0.3) is 11.0 Å². The number of aromatic amines is 1. The average molecular weight is 427 g/mol. The minimum absolute atomic E-state index is 0.0890. The molecule has 2 aliphatic heterocycles. The van der Waals surface area contributed by atoms with Crippen LogP contribution < -0.4 is 5.32 Å². The van der Waals surface area contributed by atoms with Crippen LogP contribution in [-0.4, -0.2) is 63.3 Å².